The maximum Gasteiger partial charge on any atom is 0.330 e. The smallest absolute Gasteiger partial charge is 0.330 e. The first-order valence-electron chi connectivity index (χ1n) is 3.54. The summed E-state index contributed by atoms with van der Waals surface area (Å²) >= 11 is 0. The zero-order valence-corrected chi connectivity index (χ0v) is 8.97. The minimum atomic E-state index is -3.82. The van der Waals surface area contributed by atoms with Gasteiger partial charge in [0.1, 0.15) is 0 Å². The van der Waals surface area contributed by atoms with Crippen molar-refractivity contribution in [1.82, 2.24) is 0 Å². The predicted octanol–water partition coefficient (Wildman–Crippen LogP) is 1.10. The van der Waals surface area contributed by atoms with Crippen LogP contribution in [0.5, 0.6) is 0 Å². The van der Waals surface area contributed by atoms with Crippen molar-refractivity contribution in [1.29, 1.82) is 0 Å². The van der Waals surface area contributed by atoms with Crippen LogP contribution in [0.1, 0.15) is 13.8 Å². The molecule has 5 nitrogen and oxygen atoms in total. The van der Waals surface area contributed by atoms with Crippen molar-refractivity contribution in [2.45, 2.75) is 13.8 Å². The molecule has 0 amide bonds. The summed E-state index contributed by atoms with van der Waals surface area (Å²) in [6.45, 7) is 9.44. The molecule has 0 radical (unpaired) electrons. The third-order valence-corrected chi connectivity index (χ3v) is 1.65. The average molecular weight is 222 g/mol. The fourth-order valence-electron chi connectivity index (χ4n) is 0.311. The highest BCUT2D eigenvalue weighted by molar-refractivity contribution is 7.85. The Labute approximate surface area is 83.5 Å². The summed E-state index contributed by atoms with van der Waals surface area (Å²) in [5, 5.41) is 7.89. The van der Waals surface area contributed by atoms with E-state index < -0.39 is 16.1 Å². The molecule has 14 heavy (non-hydrogen) atoms. The Morgan fingerprint density at radius 2 is 1.57 bits per heavy atom. The zero-order valence-electron chi connectivity index (χ0n) is 8.15. The quantitative estimate of drug-likeness (QED) is 0.424. The fraction of sp³-hybridized carbons (Fsp3) is 0.375. The maximum absolute atomic E-state index is 9.94. The molecule has 0 bridgehead atoms. The van der Waals surface area contributed by atoms with Crippen LogP contribution in [-0.2, 0) is 14.9 Å². The van der Waals surface area contributed by atoms with Crippen LogP contribution in [0.15, 0.2) is 24.3 Å². The van der Waals surface area contributed by atoms with E-state index in [4.69, 9.17) is 9.66 Å². The fourth-order valence-corrected chi connectivity index (χ4v) is 0.934. The molecule has 0 fully saturated rings. The summed E-state index contributed by atoms with van der Waals surface area (Å²) in [7, 11) is -3.82. The van der Waals surface area contributed by atoms with Crippen molar-refractivity contribution in [3.8, 4) is 0 Å². The van der Waals surface area contributed by atoms with Gasteiger partial charge in [0.15, 0.2) is 0 Å². The third kappa shape index (κ3) is 17.1. The molecule has 0 spiro atoms. The van der Waals surface area contributed by atoms with E-state index in [-0.39, 0.29) is 11.3 Å². The molecular weight excluding hydrogens is 208 g/mol. The molecule has 0 saturated heterocycles. The predicted molar refractivity (Wildman–Crippen MR) is 53.7 cm³/mol. The van der Waals surface area contributed by atoms with Crippen LogP contribution in [0.25, 0.3) is 0 Å². The molecular formula is C8H14O5S. The minimum Gasteiger partial charge on any atom is -0.478 e. The Kier molecular flexibility index (Phi) is 6.94. The SMILES string of the molecule is C=C(C)C(=O)O.C=C(C)CS(=O)(=O)O. The Balaban J connectivity index is 0. The van der Waals surface area contributed by atoms with Gasteiger partial charge in [0.05, 0.1) is 5.75 Å². The molecule has 0 aliphatic rings. The maximum atomic E-state index is 9.94. The molecule has 0 aliphatic carbocycles. The molecule has 0 rings (SSSR count). The second-order valence-corrected chi connectivity index (χ2v) is 4.22. The first kappa shape index (κ1) is 15.3. The molecule has 0 atom stereocenters. The van der Waals surface area contributed by atoms with E-state index >= 15 is 0 Å². The standard InChI is InChI=1S/C4H8O3S.C4H6O2/c1-4(2)3-8(5,6)7;1-3(2)4(5)6/h1,3H2,2H3,(H,5,6,7);1H2,2H3,(H,5,6). The van der Waals surface area contributed by atoms with Gasteiger partial charge in [-0.1, -0.05) is 18.7 Å². The number of carboxylic acid groups (broad SMARTS) is 1. The number of carboxylic acids is 1. The first-order valence-corrected chi connectivity index (χ1v) is 5.15. The van der Waals surface area contributed by atoms with Gasteiger partial charge < -0.3 is 5.11 Å². The molecule has 0 aromatic carbocycles. The van der Waals surface area contributed by atoms with E-state index in [9.17, 15) is 13.2 Å². The van der Waals surface area contributed by atoms with E-state index in [0.717, 1.165) is 0 Å². The van der Waals surface area contributed by atoms with Gasteiger partial charge in [-0.05, 0) is 13.8 Å². The number of rotatable bonds is 3. The highest BCUT2D eigenvalue weighted by atomic mass is 32.2. The van der Waals surface area contributed by atoms with Crippen LogP contribution in [0.4, 0.5) is 0 Å². The second-order valence-electron chi connectivity index (χ2n) is 2.77. The van der Waals surface area contributed by atoms with Crippen molar-refractivity contribution >= 4 is 16.1 Å². The highest BCUT2D eigenvalue weighted by Crippen LogP contribution is 1.91. The van der Waals surface area contributed by atoms with Crippen LogP contribution in [0, 0.1) is 0 Å². The van der Waals surface area contributed by atoms with Crippen LogP contribution >= 0.6 is 0 Å². The molecule has 0 unspecified atom stereocenters. The minimum absolute atomic E-state index is 0.176. The van der Waals surface area contributed by atoms with E-state index in [1.165, 1.54) is 13.8 Å². The molecule has 2 N–H and O–H groups in total. The number of hydrogen-bond acceptors (Lipinski definition) is 3. The summed E-state index contributed by atoms with van der Waals surface area (Å²) in [6.07, 6.45) is 0. The van der Waals surface area contributed by atoms with Crippen molar-refractivity contribution in [3.63, 3.8) is 0 Å². The lowest BCUT2D eigenvalue weighted by Crippen LogP contribution is -2.03. The van der Waals surface area contributed by atoms with Gasteiger partial charge in [-0.2, -0.15) is 8.42 Å². The van der Waals surface area contributed by atoms with Crippen LogP contribution in [-0.4, -0.2) is 29.8 Å². The van der Waals surface area contributed by atoms with Gasteiger partial charge in [-0.3, -0.25) is 4.55 Å². The Bertz CT molecular complexity index is 314. The number of hydrogen-bond donors (Lipinski definition) is 2. The van der Waals surface area contributed by atoms with E-state index in [1.807, 2.05) is 0 Å². The molecule has 0 saturated carbocycles. The van der Waals surface area contributed by atoms with Crippen molar-refractivity contribution < 1.29 is 22.9 Å². The van der Waals surface area contributed by atoms with Gasteiger partial charge >= 0.3 is 5.97 Å². The summed E-state index contributed by atoms with van der Waals surface area (Å²) in [5.74, 6) is -1.28. The lowest BCUT2D eigenvalue weighted by molar-refractivity contribution is -0.132. The first-order chi connectivity index (χ1) is 6.06. The molecule has 6 heteroatoms. The average Bonchev–Trinajstić information content (AvgIpc) is 1.81. The van der Waals surface area contributed by atoms with E-state index in [1.54, 1.807) is 0 Å². The van der Waals surface area contributed by atoms with Crippen molar-refractivity contribution in [3.05, 3.63) is 24.3 Å². The van der Waals surface area contributed by atoms with Gasteiger partial charge in [0, 0.05) is 5.57 Å². The molecule has 0 aromatic rings. The van der Waals surface area contributed by atoms with Gasteiger partial charge in [-0.25, -0.2) is 4.79 Å². The lowest BCUT2D eigenvalue weighted by atomic mass is 10.4. The summed E-state index contributed by atoms with van der Waals surface area (Å²) < 4.78 is 28.0. The topological polar surface area (TPSA) is 91.7 Å². The molecule has 0 heterocycles. The summed E-state index contributed by atoms with van der Waals surface area (Å²) in [6, 6.07) is 0. The zero-order chi connectivity index (χ0) is 11.9. The Hall–Kier alpha value is -1.14. The summed E-state index contributed by atoms with van der Waals surface area (Å²) in [5.41, 5.74) is 0.613. The van der Waals surface area contributed by atoms with E-state index in [0.29, 0.717) is 5.57 Å². The van der Waals surface area contributed by atoms with Crippen molar-refractivity contribution in [2.24, 2.45) is 0 Å². The molecule has 82 valence electrons. The Morgan fingerprint density at radius 1 is 1.29 bits per heavy atom. The molecule has 0 aliphatic heterocycles. The lowest BCUT2D eigenvalue weighted by Gasteiger charge is -1.90. The normalized spacial score (nSPS) is 9.64. The monoisotopic (exact) mass is 222 g/mol. The van der Waals surface area contributed by atoms with E-state index in [2.05, 4.69) is 13.2 Å². The van der Waals surface area contributed by atoms with Gasteiger partial charge in [0.25, 0.3) is 10.1 Å². The van der Waals surface area contributed by atoms with Gasteiger partial charge in [-0.15, -0.1) is 0 Å². The summed E-state index contributed by atoms with van der Waals surface area (Å²) in [4.78, 5) is 9.60. The number of aliphatic carboxylic acids is 1. The largest absolute Gasteiger partial charge is 0.478 e. The highest BCUT2D eigenvalue weighted by Gasteiger charge is 2.01. The second kappa shape index (κ2) is 6.33. The van der Waals surface area contributed by atoms with Crippen molar-refractivity contribution in [2.75, 3.05) is 5.75 Å². The Morgan fingerprint density at radius 3 is 1.57 bits per heavy atom. The number of carbonyl (C=O) groups is 1. The van der Waals surface area contributed by atoms with Crippen LogP contribution in [0.2, 0.25) is 0 Å². The van der Waals surface area contributed by atoms with Gasteiger partial charge in [0.2, 0.25) is 0 Å². The van der Waals surface area contributed by atoms with Crippen LogP contribution in [0.3, 0.4) is 0 Å². The third-order valence-electron chi connectivity index (χ3n) is 0.794. The molecule has 0 aromatic heterocycles. The van der Waals surface area contributed by atoms with Crippen LogP contribution < -0.4 is 0 Å².